The van der Waals surface area contributed by atoms with Crippen LogP contribution >= 0.6 is 0 Å². The molecule has 1 aliphatic rings. The van der Waals surface area contributed by atoms with Crippen molar-refractivity contribution >= 4 is 11.5 Å². The minimum absolute atomic E-state index is 0.201. The summed E-state index contributed by atoms with van der Waals surface area (Å²) in [6.45, 7) is 8.72. The quantitative estimate of drug-likeness (QED) is 0.812. The number of Topliss-reactive ketones (excluding diaryl/α,β-unsaturated/α-hetero) is 1. The van der Waals surface area contributed by atoms with Crippen molar-refractivity contribution in [2.45, 2.75) is 20.3 Å². The van der Waals surface area contributed by atoms with Gasteiger partial charge >= 0.3 is 0 Å². The molecule has 104 valence electrons. The van der Waals surface area contributed by atoms with E-state index in [-0.39, 0.29) is 5.92 Å². The second-order valence-corrected chi connectivity index (χ2v) is 5.37. The Balaban J connectivity index is 1.81. The van der Waals surface area contributed by atoms with Gasteiger partial charge in [-0.05, 0) is 18.6 Å². The maximum absolute atomic E-state index is 11.9. The highest BCUT2D eigenvalue weighted by atomic mass is 16.1. The molecule has 19 heavy (non-hydrogen) atoms. The van der Waals surface area contributed by atoms with E-state index in [1.165, 1.54) is 5.69 Å². The Morgan fingerprint density at radius 1 is 1.16 bits per heavy atom. The lowest BCUT2D eigenvalue weighted by atomic mass is 10.0. The molecule has 1 atom stereocenters. The SMILES string of the molecule is CCC(C)C(=O)CN1CCN(c2ccccc2)CC1. The molecule has 2 rings (SSSR count). The molecular weight excluding hydrogens is 236 g/mol. The summed E-state index contributed by atoms with van der Waals surface area (Å²) >= 11 is 0. The Morgan fingerprint density at radius 3 is 2.37 bits per heavy atom. The summed E-state index contributed by atoms with van der Waals surface area (Å²) < 4.78 is 0. The van der Waals surface area contributed by atoms with Crippen molar-refractivity contribution < 1.29 is 4.79 Å². The Kier molecular flexibility index (Phi) is 4.97. The van der Waals surface area contributed by atoms with Gasteiger partial charge in [0.1, 0.15) is 5.78 Å². The molecule has 1 heterocycles. The molecule has 0 saturated carbocycles. The van der Waals surface area contributed by atoms with E-state index >= 15 is 0 Å². The summed E-state index contributed by atoms with van der Waals surface area (Å²) in [6, 6.07) is 10.5. The molecule has 1 unspecified atom stereocenters. The van der Waals surface area contributed by atoms with E-state index in [9.17, 15) is 4.79 Å². The number of para-hydroxylation sites is 1. The number of rotatable bonds is 5. The average Bonchev–Trinajstić information content (AvgIpc) is 2.48. The van der Waals surface area contributed by atoms with Crippen molar-refractivity contribution in [3.8, 4) is 0 Å². The van der Waals surface area contributed by atoms with Gasteiger partial charge in [0, 0.05) is 37.8 Å². The van der Waals surface area contributed by atoms with Crippen molar-refractivity contribution in [3.63, 3.8) is 0 Å². The highest BCUT2D eigenvalue weighted by Gasteiger charge is 2.20. The van der Waals surface area contributed by atoms with Gasteiger partial charge in [0.05, 0.1) is 6.54 Å². The zero-order valence-electron chi connectivity index (χ0n) is 12.0. The van der Waals surface area contributed by atoms with Crippen LogP contribution < -0.4 is 4.90 Å². The third-order valence-electron chi connectivity index (χ3n) is 4.04. The summed E-state index contributed by atoms with van der Waals surface area (Å²) in [7, 11) is 0. The van der Waals surface area contributed by atoms with Gasteiger partial charge < -0.3 is 4.90 Å². The number of hydrogen-bond donors (Lipinski definition) is 0. The highest BCUT2D eigenvalue weighted by Crippen LogP contribution is 2.15. The van der Waals surface area contributed by atoms with Gasteiger partial charge in [-0.3, -0.25) is 9.69 Å². The lowest BCUT2D eigenvalue weighted by Crippen LogP contribution is -2.48. The van der Waals surface area contributed by atoms with Gasteiger partial charge in [0.2, 0.25) is 0 Å². The van der Waals surface area contributed by atoms with Crippen molar-refractivity contribution in [1.29, 1.82) is 0 Å². The fourth-order valence-electron chi connectivity index (χ4n) is 2.41. The van der Waals surface area contributed by atoms with E-state index < -0.39 is 0 Å². The van der Waals surface area contributed by atoms with Crippen LogP contribution in [0.25, 0.3) is 0 Å². The molecule has 0 spiro atoms. The normalized spacial score (nSPS) is 18.3. The largest absolute Gasteiger partial charge is 0.369 e. The second-order valence-electron chi connectivity index (χ2n) is 5.37. The Bertz CT molecular complexity index is 396. The Morgan fingerprint density at radius 2 is 1.79 bits per heavy atom. The topological polar surface area (TPSA) is 23.6 Å². The monoisotopic (exact) mass is 260 g/mol. The molecule has 0 amide bonds. The van der Waals surface area contributed by atoms with Gasteiger partial charge in [0.15, 0.2) is 0 Å². The van der Waals surface area contributed by atoms with Crippen LogP contribution in [0.2, 0.25) is 0 Å². The molecular formula is C16H24N2O. The number of carbonyl (C=O) groups is 1. The fourth-order valence-corrected chi connectivity index (χ4v) is 2.41. The molecule has 1 aromatic carbocycles. The van der Waals surface area contributed by atoms with Crippen LogP contribution in [0.4, 0.5) is 5.69 Å². The van der Waals surface area contributed by atoms with Crippen LogP contribution in [0.5, 0.6) is 0 Å². The number of anilines is 1. The number of ketones is 1. The van der Waals surface area contributed by atoms with Gasteiger partial charge in [-0.15, -0.1) is 0 Å². The van der Waals surface area contributed by atoms with E-state index in [1.54, 1.807) is 0 Å². The number of carbonyl (C=O) groups excluding carboxylic acids is 1. The van der Waals surface area contributed by atoms with Crippen molar-refractivity contribution in [2.75, 3.05) is 37.6 Å². The van der Waals surface area contributed by atoms with Crippen LogP contribution in [-0.2, 0) is 4.79 Å². The first-order chi connectivity index (χ1) is 9.20. The first-order valence-electron chi connectivity index (χ1n) is 7.25. The van der Waals surface area contributed by atoms with Crippen LogP contribution in [0.1, 0.15) is 20.3 Å². The predicted molar refractivity (Wildman–Crippen MR) is 79.6 cm³/mol. The maximum Gasteiger partial charge on any atom is 0.149 e. The van der Waals surface area contributed by atoms with Crippen LogP contribution in [0.3, 0.4) is 0 Å². The second kappa shape index (κ2) is 6.71. The van der Waals surface area contributed by atoms with E-state index in [1.807, 2.05) is 13.0 Å². The molecule has 0 N–H and O–H groups in total. The minimum atomic E-state index is 0.201. The smallest absolute Gasteiger partial charge is 0.149 e. The van der Waals surface area contributed by atoms with Crippen LogP contribution in [0.15, 0.2) is 30.3 Å². The van der Waals surface area contributed by atoms with E-state index in [4.69, 9.17) is 0 Å². The summed E-state index contributed by atoms with van der Waals surface area (Å²) in [5.41, 5.74) is 1.29. The molecule has 0 bridgehead atoms. The van der Waals surface area contributed by atoms with E-state index in [2.05, 4.69) is 41.0 Å². The molecule has 1 saturated heterocycles. The third-order valence-corrected chi connectivity index (χ3v) is 4.04. The fraction of sp³-hybridized carbons (Fsp3) is 0.562. The predicted octanol–water partition coefficient (Wildman–Crippen LogP) is 2.42. The summed E-state index contributed by atoms with van der Waals surface area (Å²) in [5, 5.41) is 0. The third kappa shape index (κ3) is 3.80. The lowest BCUT2D eigenvalue weighted by Gasteiger charge is -2.36. The Hall–Kier alpha value is -1.35. The van der Waals surface area contributed by atoms with Crippen LogP contribution in [-0.4, -0.2) is 43.4 Å². The van der Waals surface area contributed by atoms with Crippen molar-refractivity contribution in [1.82, 2.24) is 4.90 Å². The number of benzene rings is 1. The molecule has 0 aliphatic carbocycles. The van der Waals surface area contributed by atoms with Crippen LogP contribution in [0, 0.1) is 5.92 Å². The molecule has 1 aromatic rings. The molecule has 3 nitrogen and oxygen atoms in total. The first-order valence-corrected chi connectivity index (χ1v) is 7.25. The summed E-state index contributed by atoms with van der Waals surface area (Å²) in [5.74, 6) is 0.586. The maximum atomic E-state index is 11.9. The van der Waals surface area contributed by atoms with E-state index in [0.29, 0.717) is 12.3 Å². The number of piperazine rings is 1. The molecule has 1 aliphatic heterocycles. The summed E-state index contributed by atoms with van der Waals surface area (Å²) in [6.07, 6.45) is 0.947. The van der Waals surface area contributed by atoms with Crippen molar-refractivity contribution in [2.24, 2.45) is 5.92 Å². The van der Waals surface area contributed by atoms with Gasteiger partial charge in [-0.25, -0.2) is 0 Å². The lowest BCUT2D eigenvalue weighted by molar-refractivity contribution is -0.123. The number of hydrogen-bond acceptors (Lipinski definition) is 3. The van der Waals surface area contributed by atoms with Gasteiger partial charge in [0.25, 0.3) is 0 Å². The zero-order chi connectivity index (χ0) is 13.7. The standard InChI is InChI=1S/C16H24N2O/c1-3-14(2)16(19)13-17-9-11-18(12-10-17)15-7-5-4-6-8-15/h4-8,14H,3,9-13H2,1-2H3. The highest BCUT2D eigenvalue weighted by molar-refractivity contribution is 5.82. The van der Waals surface area contributed by atoms with Gasteiger partial charge in [-0.1, -0.05) is 32.0 Å². The summed E-state index contributed by atoms with van der Waals surface area (Å²) in [4.78, 5) is 16.6. The van der Waals surface area contributed by atoms with E-state index in [0.717, 1.165) is 32.6 Å². The number of nitrogens with zero attached hydrogens (tertiary/aromatic N) is 2. The van der Waals surface area contributed by atoms with Crippen molar-refractivity contribution in [3.05, 3.63) is 30.3 Å². The molecule has 0 radical (unpaired) electrons. The zero-order valence-corrected chi connectivity index (χ0v) is 12.0. The molecule has 3 heteroatoms. The minimum Gasteiger partial charge on any atom is -0.369 e. The molecule has 1 fully saturated rings. The average molecular weight is 260 g/mol. The first kappa shape index (κ1) is 14.1. The van der Waals surface area contributed by atoms with Gasteiger partial charge in [-0.2, -0.15) is 0 Å². The molecule has 0 aromatic heterocycles. The Labute approximate surface area is 116 Å².